The first-order chi connectivity index (χ1) is 9.74. The molecule has 5 heteroatoms. The first-order valence-corrected chi connectivity index (χ1v) is 7.99. The van der Waals surface area contributed by atoms with Crippen molar-refractivity contribution in [3.05, 3.63) is 0 Å². The minimum Gasteiger partial charge on any atom is -0.378 e. The number of likely N-dealkylation sites (tertiary alicyclic amines) is 1. The van der Waals surface area contributed by atoms with Gasteiger partial charge in [0.1, 0.15) is 6.04 Å². The van der Waals surface area contributed by atoms with E-state index in [0.29, 0.717) is 12.7 Å². The van der Waals surface area contributed by atoms with Gasteiger partial charge in [0.15, 0.2) is 0 Å². The molecule has 0 aromatic heterocycles. The molecule has 114 valence electrons. The van der Waals surface area contributed by atoms with Gasteiger partial charge in [-0.1, -0.05) is 0 Å². The fourth-order valence-electron chi connectivity index (χ4n) is 3.01. The minimum atomic E-state index is -0.173. The summed E-state index contributed by atoms with van der Waals surface area (Å²) in [5.41, 5.74) is 0. The molecule has 0 spiro atoms. The quantitative estimate of drug-likeness (QED) is 0.828. The van der Waals surface area contributed by atoms with E-state index in [0.717, 1.165) is 45.0 Å². The molecule has 2 heterocycles. The Balaban J connectivity index is 1.43. The van der Waals surface area contributed by atoms with E-state index >= 15 is 0 Å². The normalized spacial score (nSPS) is 32.4. The lowest BCUT2D eigenvalue weighted by Gasteiger charge is -2.37. The molecule has 0 bridgehead atoms. The van der Waals surface area contributed by atoms with Crippen LogP contribution in [-0.4, -0.2) is 61.9 Å². The van der Waals surface area contributed by atoms with Crippen molar-refractivity contribution in [1.29, 1.82) is 0 Å². The predicted molar refractivity (Wildman–Crippen MR) is 75.5 cm³/mol. The van der Waals surface area contributed by atoms with Gasteiger partial charge in [0.05, 0.1) is 18.8 Å². The Bertz CT molecular complexity index is 338. The maximum Gasteiger partial charge on any atom is 0.242 e. The number of carbonyl (C=O) groups excluding carboxylic acids is 1. The van der Waals surface area contributed by atoms with E-state index in [1.807, 2.05) is 11.8 Å². The smallest absolute Gasteiger partial charge is 0.242 e. The zero-order chi connectivity index (χ0) is 13.9. The molecule has 0 aromatic carbocycles. The molecule has 1 N–H and O–H groups in total. The first-order valence-electron chi connectivity index (χ1n) is 7.99. The molecule has 2 saturated heterocycles. The van der Waals surface area contributed by atoms with Gasteiger partial charge >= 0.3 is 0 Å². The van der Waals surface area contributed by atoms with E-state index in [2.05, 4.69) is 5.32 Å². The number of piperidine rings is 1. The maximum absolute atomic E-state index is 12.5. The van der Waals surface area contributed by atoms with Crippen molar-refractivity contribution in [1.82, 2.24) is 10.2 Å². The molecule has 2 aliphatic heterocycles. The standard InChI is InChI=1S/C15H26N2O3/c1-11-14(16-6-9-19-11)15(18)17-7-4-13(5-8-17)20-10-12-2-3-12/h11-14,16H,2-10H2,1H3/t11-,14+/m1/s1. The number of rotatable bonds is 4. The van der Waals surface area contributed by atoms with Crippen LogP contribution in [0, 0.1) is 5.92 Å². The highest BCUT2D eigenvalue weighted by Crippen LogP contribution is 2.30. The van der Waals surface area contributed by atoms with Crippen LogP contribution in [0.3, 0.4) is 0 Å². The van der Waals surface area contributed by atoms with Gasteiger partial charge < -0.3 is 19.7 Å². The molecule has 20 heavy (non-hydrogen) atoms. The van der Waals surface area contributed by atoms with E-state index in [-0.39, 0.29) is 18.1 Å². The van der Waals surface area contributed by atoms with Crippen LogP contribution in [0.4, 0.5) is 0 Å². The second kappa shape index (κ2) is 6.41. The highest BCUT2D eigenvalue weighted by Gasteiger charge is 2.34. The molecule has 3 rings (SSSR count). The Morgan fingerprint density at radius 3 is 2.70 bits per heavy atom. The number of nitrogens with one attached hydrogen (secondary N) is 1. The number of nitrogens with zero attached hydrogens (tertiary/aromatic N) is 1. The summed E-state index contributed by atoms with van der Waals surface area (Å²) in [6, 6.07) is -0.173. The number of ether oxygens (including phenoxy) is 2. The van der Waals surface area contributed by atoms with Crippen LogP contribution in [0.2, 0.25) is 0 Å². The molecule has 3 aliphatic rings. The second-order valence-electron chi connectivity index (χ2n) is 6.31. The lowest BCUT2D eigenvalue weighted by molar-refractivity contribution is -0.142. The van der Waals surface area contributed by atoms with Crippen LogP contribution in [-0.2, 0) is 14.3 Å². The summed E-state index contributed by atoms with van der Waals surface area (Å²) in [6.45, 7) is 6.00. The van der Waals surface area contributed by atoms with Crippen LogP contribution in [0.15, 0.2) is 0 Å². The van der Waals surface area contributed by atoms with Crippen LogP contribution in [0.1, 0.15) is 32.6 Å². The topological polar surface area (TPSA) is 50.8 Å². The van der Waals surface area contributed by atoms with Crippen molar-refractivity contribution in [3.63, 3.8) is 0 Å². The fourth-order valence-corrected chi connectivity index (χ4v) is 3.01. The lowest BCUT2D eigenvalue weighted by atomic mass is 10.0. The Morgan fingerprint density at radius 2 is 2.05 bits per heavy atom. The molecular formula is C15H26N2O3. The molecule has 1 saturated carbocycles. The van der Waals surface area contributed by atoms with Crippen LogP contribution < -0.4 is 5.32 Å². The van der Waals surface area contributed by atoms with E-state index < -0.39 is 0 Å². The minimum absolute atomic E-state index is 0.0277. The van der Waals surface area contributed by atoms with Crippen molar-refractivity contribution >= 4 is 5.91 Å². The second-order valence-corrected chi connectivity index (χ2v) is 6.31. The Morgan fingerprint density at radius 1 is 1.30 bits per heavy atom. The van der Waals surface area contributed by atoms with Crippen molar-refractivity contribution in [2.24, 2.45) is 5.92 Å². The molecular weight excluding hydrogens is 256 g/mol. The highest BCUT2D eigenvalue weighted by atomic mass is 16.5. The van der Waals surface area contributed by atoms with Crippen LogP contribution >= 0.6 is 0 Å². The van der Waals surface area contributed by atoms with Crippen molar-refractivity contribution in [3.8, 4) is 0 Å². The molecule has 5 nitrogen and oxygen atoms in total. The van der Waals surface area contributed by atoms with Crippen LogP contribution in [0.5, 0.6) is 0 Å². The molecule has 1 aliphatic carbocycles. The zero-order valence-corrected chi connectivity index (χ0v) is 12.3. The maximum atomic E-state index is 12.5. The van der Waals surface area contributed by atoms with Gasteiger partial charge in [-0.2, -0.15) is 0 Å². The summed E-state index contributed by atoms with van der Waals surface area (Å²) < 4.78 is 11.5. The number of morpholine rings is 1. The molecule has 0 unspecified atom stereocenters. The number of carbonyl (C=O) groups is 1. The van der Waals surface area contributed by atoms with Gasteiger partial charge in [0.25, 0.3) is 0 Å². The third-order valence-electron chi connectivity index (χ3n) is 4.60. The average molecular weight is 282 g/mol. The van der Waals surface area contributed by atoms with Crippen molar-refractivity contribution in [2.75, 3.05) is 32.8 Å². The van der Waals surface area contributed by atoms with Gasteiger partial charge in [-0.25, -0.2) is 0 Å². The van der Waals surface area contributed by atoms with E-state index in [9.17, 15) is 4.79 Å². The van der Waals surface area contributed by atoms with E-state index in [1.165, 1.54) is 12.8 Å². The number of hydrogen-bond donors (Lipinski definition) is 1. The third-order valence-corrected chi connectivity index (χ3v) is 4.60. The Kier molecular flexibility index (Phi) is 4.58. The van der Waals surface area contributed by atoms with Gasteiger partial charge in [0, 0.05) is 26.2 Å². The molecule has 0 radical (unpaired) electrons. The Labute approximate surface area is 121 Å². The lowest BCUT2D eigenvalue weighted by Crippen LogP contribution is -2.57. The van der Waals surface area contributed by atoms with E-state index in [1.54, 1.807) is 0 Å². The van der Waals surface area contributed by atoms with Crippen molar-refractivity contribution < 1.29 is 14.3 Å². The largest absolute Gasteiger partial charge is 0.378 e. The summed E-state index contributed by atoms with van der Waals surface area (Å²) >= 11 is 0. The summed E-state index contributed by atoms with van der Waals surface area (Å²) in [5.74, 6) is 1.01. The Hall–Kier alpha value is -0.650. The molecule has 2 atom stereocenters. The summed E-state index contributed by atoms with van der Waals surface area (Å²) in [4.78, 5) is 14.5. The molecule has 3 fully saturated rings. The monoisotopic (exact) mass is 282 g/mol. The van der Waals surface area contributed by atoms with Gasteiger partial charge in [-0.15, -0.1) is 0 Å². The van der Waals surface area contributed by atoms with Gasteiger partial charge in [0.2, 0.25) is 5.91 Å². The van der Waals surface area contributed by atoms with Crippen LogP contribution in [0.25, 0.3) is 0 Å². The first kappa shape index (κ1) is 14.3. The fraction of sp³-hybridized carbons (Fsp3) is 0.933. The predicted octanol–water partition coefficient (Wildman–Crippen LogP) is 0.781. The van der Waals surface area contributed by atoms with E-state index in [4.69, 9.17) is 9.47 Å². The number of hydrogen-bond acceptors (Lipinski definition) is 4. The number of amides is 1. The molecule has 0 aromatic rings. The summed E-state index contributed by atoms with van der Waals surface area (Å²) in [5, 5.41) is 3.28. The SMILES string of the molecule is C[C@H]1OCCN[C@@H]1C(=O)N1CCC(OCC2CC2)CC1. The summed E-state index contributed by atoms with van der Waals surface area (Å²) in [6.07, 6.45) is 4.94. The highest BCUT2D eigenvalue weighted by molar-refractivity contribution is 5.82. The van der Waals surface area contributed by atoms with Gasteiger partial charge in [-0.3, -0.25) is 4.79 Å². The summed E-state index contributed by atoms with van der Waals surface area (Å²) in [7, 11) is 0. The van der Waals surface area contributed by atoms with Crippen molar-refractivity contribution in [2.45, 2.75) is 50.9 Å². The third kappa shape index (κ3) is 3.51. The zero-order valence-electron chi connectivity index (χ0n) is 12.3. The average Bonchev–Trinajstić information content (AvgIpc) is 3.30. The van der Waals surface area contributed by atoms with Gasteiger partial charge in [-0.05, 0) is 38.5 Å². The molecule has 1 amide bonds.